The summed E-state index contributed by atoms with van der Waals surface area (Å²) in [6.07, 6.45) is 1.72. The summed E-state index contributed by atoms with van der Waals surface area (Å²) in [6.45, 7) is 4.98. The van der Waals surface area contributed by atoms with Crippen LogP contribution in [0.4, 0.5) is 0 Å². The molecule has 0 fully saturated rings. The lowest BCUT2D eigenvalue weighted by Gasteiger charge is -2.14. The Morgan fingerprint density at radius 2 is 2.22 bits per heavy atom. The van der Waals surface area contributed by atoms with E-state index in [9.17, 15) is 0 Å². The van der Waals surface area contributed by atoms with Gasteiger partial charge in [-0.2, -0.15) is 0 Å². The average molecular weight is 309 g/mol. The minimum atomic E-state index is 0.172. The molecule has 5 heteroatoms. The highest BCUT2D eigenvalue weighted by Gasteiger charge is 2.11. The van der Waals surface area contributed by atoms with Crippen molar-refractivity contribution in [1.29, 1.82) is 0 Å². The molecular formula is C13H17BrN4. The molecule has 2 aromatic rings. The van der Waals surface area contributed by atoms with Gasteiger partial charge in [0.15, 0.2) is 0 Å². The number of benzene rings is 1. The summed E-state index contributed by atoms with van der Waals surface area (Å²) in [6, 6.07) is 6.56. The van der Waals surface area contributed by atoms with Crippen LogP contribution < -0.4 is 5.32 Å². The normalized spacial score (nSPS) is 12.7. The van der Waals surface area contributed by atoms with Crippen LogP contribution in [0, 0.1) is 6.92 Å². The van der Waals surface area contributed by atoms with Crippen LogP contribution in [-0.2, 0) is 13.6 Å². The van der Waals surface area contributed by atoms with Gasteiger partial charge in [-0.3, -0.25) is 0 Å². The van der Waals surface area contributed by atoms with Crippen molar-refractivity contribution in [1.82, 2.24) is 20.1 Å². The van der Waals surface area contributed by atoms with Gasteiger partial charge in [-0.1, -0.05) is 28.1 Å². The third-order valence-electron chi connectivity index (χ3n) is 2.94. The maximum atomic E-state index is 4.10. The lowest BCUT2D eigenvalue weighted by molar-refractivity contribution is 0.527. The van der Waals surface area contributed by atoms with Crippen LogP contribution in [0.5, 0.6) is 0 Å². The summed E-state index contributed by atoms with van der Waals surface area (Å²) in [7, 11) is 1.95. The van der Waals surface area contributed by atoms with Crippen LogP contribution in [0.3, 0.4) is 0 Å². The molecule has 0 spiro atoms. The SMILES string of the molecule is Cc1ccc(CNC(C)c2nncn2C)c(Br)c1. The molecule has 0 saturated carbocycles. The second-order valence-electron chi connectivity index (χ2n) is 4.50. The number of nitrogens with one attached hydrogen (secondary N) is 1. The monoisotopic (exact) mass is 308 g/mol. The van der Waals surface area contributed by atoms with E-state index in [2.05, 4.69) is 63.5 Å². The van der Waals surface area contributed by atoms with E-state index in [0.717, 1.165) is 16.8 Å². The largest absolute Gasteiger partial charge is 0.319 e. The predicted molar refractivity (Wildman–Crippen MR) is 75.1 cm³/mol. The van der Waals surface area contributed by atoms with Crippen LogP contribution in [0.25, 0.3) is 0 Å². The molecule has 96 valence electrons. The Kier molecular flexibility index (Phi) is 4.14. The highest BCUT2D eigenvalue weighted by Crippen LogP contribution is 2.19. The first kappa shape index (κ1) is 13.2. The molecule has 18 heavy (non-hydrogen) atoms. The number of hydrogen-bond acceptors (Lipinski definition) is 3. The molecule has 0 radical (unpaired) electrons. The summed E-state index contributed by atoms with van der Waals surface area (Å²) in [5.41, 5.74) is 2.50. The van der Waals surface area contributed by atoms with E-state index in [4.69, 9.17) is 0 Å². The first-order chi connectivity index (χ1) is 8.58. The van der Waals surface area contributed by atoms with Gasteiger partial charge in [-0.05, 0) is 31.0 Å². The lowest BCUT2D eigenvalue weighted by Crippen LogP contribution is -2.21. The standard InChI is InChI=1S/C13H17BrN4/c1-9-4-5-11(12(14)6-9)7-15-10(2)13-17-16-8-18(13)3/h4-6,8,10,15H,7H2,1-3H3. The number of rotatable bonds is 4. The van der Waals surface area contributed by atoms with E-state index >= 15 is 0 Å². The van der Waals surface area contributed by atoms with Crippen molar-refractivity contribution in [3.8, 4) is 0 Å². The van der Waals surface area contributed by atoms with Crippen molar-refractivity contribution in [3.05, 3.63) is 46.0 Å². The van der Waals surface area contributed by atoms with Gasteiger partial charge in [0.25, 0.3) is 0 Å². The van der Waals surface area contributed by atoms with Crippen molar-refractivity contribution >= 4 is 15.9 Å². The Bertz CT molecular complexity index is 536. The molecule has 2 rings (SSSR count). The van der Waals surface area contributed by atoms with Crippen LogP contribution in [0.2, 0.25) is 0 Å². The van der Waals surface area contributed by atoms with Gasteiger partial charge < -0.3 is 9.88 Å². The lowest BCUT2D eigenvalue weighted by atomic mass is 10.1. The van der Waals surface area contributed by atoms with E-state index in [-0.39, 0.29) is 6.04 Å². The molecule has 0 saturated heterocycles. The minimum absolute atomic E-state index is 0.172. The molecule has 0 aliphatic carbocycles. The number of nitrogens with zero attached hydrogens (tertiary/aromatic N) is 3. The van der Waals surface area contributed by atoms with E-state index < -0.39 is 0 Å². The third kappa shape index (κ3) is 2.97. The Balaban J connectivity index is 2.01. The first-order valence-electron chi connectivity index (χ1n) is 5.90. The summed E-state index contributed by atoms with van der Waals surface area (Å²) < 4.78 is 3.07. The van der Waals surface area contributed by atoms with Crippen molar-refractivity contribution < 1.29 is 0 Å². The van der Waals surface area contributed by atoms with Gasteiger partial charge in [0.1, 0.15) is 12.2 Å². The maximum Gasteiger partial charge on any atom is 0.149 e. The fourth-order valence-electron chi connectivity index (χ4n) is 1.83. The van der Waals surface area contributed by atoms with Gasteiger partial charge in [-0.15, -0.1) is 10.2 Å². The second-order valence-corrected chi connectivity index (χ2v) is 5.35. The van der Waals surface area contributed by atoms with Crippen molar-refractivity contribution in [3.63, 3.8) is 0 Å². The molecule has 1 N–H and O–H groups in total. The van der Waals surface area contributed by atoms with Gasteiger partial charge in [-0.25, -0.2) is 0 Å². The molecular weight excluding hydrogens is 292 g/mol. The van der Waals surface area contributed by atoms with E-state index in [0.29, 0.717) is 0 Å². The smallest absolute Gasteiger partial charge is 0.149 e. The predicted octanol–water partition coefficient (Wildman–Crippen LogP) is 2.74. The molecule has 0 bridgehead atoms. The minimum Gasteiger partial charge on any atom is -0.319 e. The summed E-state index contributed by atoms with van der Waals surface area (Å²) in [4.78, 5) is 0. The van der Waals surface area contributed by atoms with E-state index in [1.807, 2.05) is 11.6 Å². The first-order valence-corrected chi connectivity index (χ1v) is 6.69. The Morgan fingerprint density at radius 3 is 2.83 bits per heavy atom. The highest BCUT2D eigenvalue weighted by molar-refractivity contribution is 9.10. The molecule has 0 amide bonds. The fraction of sp³-hybridized carbons (Fsp3) is 0.385. The van der Waals surface area contributed by atoms with E-state index in [1.165, 1.54) is 11.1 Å². The Labute approximate surface area is 116 Å². The maximum absolute atomic E-state index is 4.10. The number of halogens is 1. The third-order valence-corrected chi connectivity index (χ3v) is 3.68. The molecule has 1 atom stereocenters. The van der Waals surface area contributed by atoms with Crippen LogP contribution in [0.1, 0.15) is 29.9 Å². The Hall–Kier alpha value is -1.20. The zero-order valence-corrected chi connectivity index (χ0v) is 12.4. The zero-order valence-electron chi connectivity index (χ0n) is 10.8. The molecule has 1 aromatic carbocycles. The topological polar surface area (TPSA) is 42.7 Å². The second kappa shape index (κ2) is 5.63. The molecule has 0 aliphatic heterocycles. The van der Waals surface area contributed by atoms with Gasteiger partial charge in [0.2, 0.25) is 0 Å². The quantitative estimate of drug-likeness (QED) is 0.944. The van der Waals surface area contributed by atoms with Crippen LogP contribution in [0.15, 0.2) is 29.0 Å². The van der Waals surface area contributed by atoms with Crippen molar-refractivity contribution in [2.45, 2.75) is 26.4 Å². The van der Waals surface area contributed by atoms with Gasteiger partial charge in [0, 0.05) is 18.1 Å². The van der Waals surface area contributed by atoms with Crippen LogP contribution >= 0.6 is 15.9 Å². The molecule has 4 nitrogen and oxygen atoms in total. The summed E-state index contributed by atoms with van der Waals surface area (Å²) in [5.74, 6) is 0.943. The average Bonchev–Trinajstić information content (AvgIpc) is 2.74. The number of aromatic nitrogens is 3. The van der Waals surface area contributed by atoms with Crippen molar-refractivity contribution in [2.24, 2.45) is 7.05 Å². The molecule has 1 heterocycles. The highest BCUT2D eigenvalue weighted by atomic mass is 79.9. The summed E-state index contributed by atoms with van der Waals surface area (Å²) >= 11 is 3.59. The van der Waals surface area contributed by atoms with Crippen LogP contribution in [-0.4, -0.2) is 14.8 Å². The number of hydrogen-bond donors (Lipinski definition) is 1. The summed E-state index contributed by atoms with van der Waals surface area (Å²) in [5, 5.41) is 11.4. The van der Waals surface area contributed by atoms with Crippen molar-refractivity contribution in [2.75, 3.05) is 0 Å². The van der Waals surface area contributed by atoms with E-state index in [1.54, 1.807) is 6.33 Å². The van der Waals surface area contributed by atoms with Gasteiger partial charge >= 0.3 is 0 Å². The molecule has 0 aliphatic rings. The molecule has 1 aromatic heterocycles. The zero-order chi connectivity index (χ0) is 13.1. The number of aryl methyl sites for hydroxylation is 2. The Morgan fingerprint density at radius 1 is 1.44 bits per heavy atom. The van der Waals surface area contributed by atoms with Gasteiger partial charge in [0.05, 0.1) is 6.04 Å². The fourth-order valence-corrected chi connectivity index (χ4v) is 2.47. The molecule has 1 unspecified atom stereocenters.